The molecule has 36 heavy (non-hydrogen) atoms. The molecular weight excluding hydrogens is 456 g/mol. The van der Waals surface area contributed by atoms with E-state index in [1.54, 1.807) is 39.7 Å². The van der Waals surface area contributed by atoms with Crippen LogP contribution in [0.15, 0.2) is 89.5 Å². The van der Waals surface area contributed by atoms with Crippen molar-refractivity contribution in [3.05, 3.63) is 90.6 Å². The number of benzene rings is 3. The molecule has 0 saturated heterocycles. The van der Waals surface area contributed by atoms with Gasteiger partial charge in [0.25, 0.3) is 5.91 Å². The molecule has 2 aromatic heterocycles. The number of hydrogen-bond acceptors (Lipinski definition) is 6. The van der Waals surface area contributed by atoms with Gasteiger partial charge < -0.3 is 23.9 Å². The molecule has 0 aliphatic heterocycles. The second kappa shape index (κ2) is 9.84. The zero-order valence-corrected chi connectivity index (χ0v) is 20.1. The highest BCUT2D eigenvalue weighted by Crippen LogP contribution is 2.42. The molecule has 180 valence electrons. The van der Waals surface area contributed by atoms with E-state index in [1.165, 1.54) is 0 Å². The molecule has 0 spiro atoms. The molecule has 5 rings (SSSR count). The predicted octanol–water partition coefficient (Wildman–Crippen LogP) is 6.44. The van der Waals surface area contributed by atoms with Crippen LogP contribution in [0.5, 0.6) is 17.2 Å². The third kappa shape index (κ3) is 4.34. The number of nitrogens with zero attached hydrogens (tertiary/aromatic N) is 1. The van der Waals surface area contributed by atoms with Crippen LogP contribution in [0.3, 0.4) is 0 Å². The number of ether oxygens (including phenoxy) is 3. The number of pyridine rings is 1. The van der Waals surface area contributed by atoms with E-state index in [0.29, 0.717) is 39.8 Å². The molecule has 0 radical (unpaired) electrons. The lowest BCUT2D eigenvalue weighted by Crippen LogP contribution is -2.11. The van der Waals surface area contributed by atoms with Crippen molar-refractivity contribution < 1.29 is 23.4 Å². The molecule has 0 aliphatic carbocycles. The van der Waals surface area contributed by atoms with Gasteiger partial charge in [0.15, 0.2) is 17.1 Å². The average Bonchev–Trinajstić information content (AvgIpc) is 3.38. The fourth-order valence-corrected chi connectivity index (χ4v) is 4.06. The molecule has 0 bridgehead atoms. The third-order valence-corrected chi connectivity index (χ3v) is 5.85. The Hall–Kier alpha value is -4.78. The van der Waals surface area contributed by atoms with Gasteiger partial charge >= 0.3 is 0 Å². The standard InChI is InChI=1S/C29H24N2O5/c1-33-25-15-20(16-26(34-2)28(25)35-3)24-17-23-27(36-24)22(13-14-30-23)18-9-11-21(12-10-18)31-29(32)19-7-5-4-6-8-19/h4-17H,1-3H3,(H,31,32). The van der Waals surface area contributed by atoms with E-state index in [4.69, 9.17) is 18.6 Å². The van der Waals surface area contributed by atoms with Crippen molar-refractivity contribution in [3.8, 4) is 39.7 Å². The second-order valence-electron chi connectivity index (χ2n) is 8.00. The number of methoxy groups -OCH3 is 3. The van der Waals surface area contributed by atoms with Gasteiger partial charge in [0.1, 0.15) is 11.3 Å². The summed E-state index contributed by atoms with van der Waals surface area (Å²) in [4.78, 5) is 16.9. The Balaban J connectivity index is 1.47. The number of amides is 1. The Morgan fingerprint density at radius 3 is 2.14 bits per heavy atom. The number of hydrogen-bond donors (Lipinski definition) is 1. The largest absolute Gasteiger partial charge is 0.493 e. The Morgan fingerprint density at radius 1 is 0.806 bits per heavy atom. The number of carbonyl (C=O) groups is 1. The molecule has 5 aromatic rings. The summed E-state index contributed by atoms with van der Waals surface area (Å²) in [5.74, 6) is 2.05. The number of rotatable bonds is 7. The maximum Gasteiger partial charge on any atom is 0.255 e. The van der Waals surface area contributed by atoms with Gasteiger partial charge in [-0.2, -0.15) is 0 Å². The summed E-state index contributed by atoms with van der Waals surface area (Å²) in [7, 11) is 4.71. The van der Waals surface area contributed by atoms with Crippen LogP contribution in [0.2, 0.25) is 0 Å². The molecule has 0 atom stereocenters. The predicted molar refractivity (Wildman–Crippen MR) is 139 cm³/mol. The lowest BCUT2D eigenvalue weighted by Gasteiger charge is -2.13. The Bertz CT molecular complexity index is 1500. The number of fused-ring (bicyclic) bond motifs is 1. The van der Waals surface area contributed by atoms with Gasteiger partial charge in [0, 0.05) is 34.6 Å². The van der Waals surface area contributed by atoms with Crippen LogP contribution in [0, 0.1) is 0 Å². The molecular formula is C29H24N2O5. The van der Waals surface area contributed by atoms with E-state index in [0.717, 1.165) is 22.2 Å². The van der Waals surface area contributed by atoms with Crippen LogP contribution in [0.4, 0.5) is 5.69 Å². The van der Waals surface area contributed by atoms with Crippen molar-refractivity contribution >= 4 is 22.7 Å². The van der Waals surface area contributed by atoms with Crippen molar-refractivity contribution in [3.63, 3.8) is 0 Å². The normalized spacial score (nSPS) is 10.8. The quantitative estimate of drug-likeness (QED) is 0.289. The van der Waals surface area contributed by atoms with E-state index < -0.39 is 0 Å². The lowest BCUT2D eigenvalue weighted by molar-refractivity contribution is 0.102. The van der Waals surface area contributed by atoms with Crippen LogP contribution < -0.4 is 19.5 Å². The maximum atomic E-state index is 12.5. The van der Waals surface area contributed by atoms with Crippen molar-refractivity contribution in [1.29, 1.82) is 0 Å². The van der Waals surface area contributed by atoms with Gasteiger partial charge in [-0.3, -0.25) is 9.78 Å². The molecule has 0 saturated carbocycles. The molecule has 1 N–H and O–H groups in total. The number of nitrogens with one attached hydrogen (secondary N) is 1. The average molecular weight is 481 g/mol. The monoisotopic (exact) mass is 480 g/mol. The number of aromatic nitrogens is 1. The maximum absolute atomic E-state index is 12.5. The minimum atomic E-state index is -0.157. The van der Waals surface area contributed by atoms with E-state index >= 15 is 0 Å². The van der Waals surface area contributed by atoms with Crippen LogP contribution in [-0.4, -0.2) is 32.2 Å². The second-order valence-corrected chi connectivity index (χ2v) is 8.00. The molecule has 0 unspecified atom stereocenters. The topological polar surface area (TPSA) is 82.8 Å². The van der Waals surface area contributed by atoms with Gasteiger partial charge in [-0.15, -0.1) is 0 Å². The van der Waals surface area contributed by atoms with Crippen molar-refractivity contribution in [2.24, 2.45) is 0 Å². The van der Waals surface area contributed by atoms with E-state index in [-0.39, 0.29) is 5.91 Å². The van der Waals surface area contributed by atoms with Gasteiger partial charge in [0.2, 0.25) is 5.75 Å². The van der Waals surface area contributed by atoms with E-state index in [2.05, 4.69) is 10.3 Å². The van der Waals surface area contributed by atoms with Crippen molar-refractivity contribution in [1.82, 2.24) is 4.98 Å². The SMILES string of the molecule is COc1cc(-c2cc3nccc(-c4ccc(NC(=O)c5ccccc5)cc4)c3o2)cc(OC)c1OC. The third-order valence-electron chi connectivity index (χ3n) is 5.85. The molecule has 7 nitrogen and oxygen atoms in total. The first-order chi connectivity index (χ1) is 17.6. The fourth-order valence-electron chi connectivity index (χ4n) is 4.06. The van der Waals surface area contributed by atoms with Crippen LogP contribution in [0.25, 0.3) is 33.6 Å². The summed E-state index contributed by atoms with van der Waals surface area (Å²) in [6.45, 7) is 0. The van der Waals surface area contributed by atoms with E-state index in [9.17, 15) is 4.79 Å². The Morgan fingerprint density at radius 2 is 1.50 bits per heavy atom. The van der Waals surface area contributed by atoms with Crippen LogP contribution in [-0.2, 0) is 0 Å². The first-order valence-electron chi connectivity index (χ1n) is 11.3. The molecule has 1 amide bonds. The summed E-state index contributed by atoms with van der Waals surface area (Å²) >= 11 is 0. The summed E-state index contributed by atoms with van der Waals surface area (Å²) < 4.78 is 22.7. The highest BCUT2D eigenvalue weighted by Gasteiger charge is 2.18. The van der Waals surface area contributed by atoms with Crippen molar-refractivity contribution in [2.45, 2.75) is 0 Å². The zero-order valence-electron chi connectivity index (χ0n) is 20.1. The highest BCUT2D eigenvalue weighted by molar-refractivity contribution is 6.04. The summed E-state index contributed by atoms with van der Waals surface area (Å²) in [6.07, 6.45) is 1.75. The van der Waals surface area contributed by atoms with Crippen LogP contribution in [0.1, 0.15) is 10.4 Å². The Kier molecular flexibility index (Phi) is 6.28. The van der Waals surface area contributed by atoms with Gasteiger partial charge in [0.05, 0.1) is 21.3 Å². The molecule has 3 aromatic carbocycles. The molecule has 0 aliphatic rings. The first-order valence-corrected chi connectivity index (χ1v) is 11.3. The summed E-state index contributed by atoms with van der Waals surface area (Å²) in [5.41, 5.74) is 5.28. The first kappa shape index (κ1) is 23.0. The molecule has 2 heterocycles. The van der Waals surface area contributed by atoms with Gasteiger partial charge in [-0.25, -0.2) is 0 Å². The van der Waals surface area contributed by atoms with Gasteiger partial charge in [-0.1, -0.05) is 30.3 Å². The summed E-state index contributed by atoms with van der Waals surface area (Å²) in [6, 6.07) is 24.2. The summed E-state index contributed by atoms with van der Waals surface area (Å²) in [5, 5.41) is 2.92. The highest BCUT2D eigenvalue weighted by atomic mass is 16.5. The van der Waals surface area contributed by atoms with Crippen LogP contribution >= 0.6 is 0 Å². The fraction of sp³-hybridized carbons (Fsp3) is 0.103. The zero-order chi connectivity index (χ0) is 25.1. The van der Waals surface area contributed by atoms with E-state index in [1.807, 2.05) is 66.7 Å². The minimum Gasteiger partial charge on any atom is -0.493 e. The molecule has 0 fully saturated rings. The Labute approximate surface area is 208 Å². The number of carbonyl (C=O) groups excluding carboxylic acids is 1. The molecule has 7 heteroatoms. The number of furan rings is 1. The minimum absolute atomic E-state index is 0.157. The van der Waals surface area contributed by atoms with Crippen molar-refractivity contribution in [2.75, 3.05) is 26.6 Å². The van der Waals surface area contributed by atoms with Gasteiger partial charge in [-0.05, 0) is 48.0 Å². The smallest absolute Gasteiger partial charge is 0.255 e. The number of anilines is 1. The lowest BCUT2D eigenvalue weighted by atomic mass is 10.1.